The Morgan fingerprint density at radius 3 is 3.15 bits per heavy atom. The van der Waals surface area contributed by atoms with Crippen molar-refractivity contribution in [2.75, 3.05) is 6.61 Å². The molecule has 0 amide bonds. The number of nitriles is 1. The lowest BCUT2D eigenvalue weighted by atomic mass is 10.3. The first-order valence-corrected chi connectivity index (χ1v) is 4.01. The first-order valence-electron chi connectivity index (χ1n) is 4.01. The lowest BCUT2D eigenvalue weighted by Gasteiger charge is -1.91. The van der Waals surface area contributed by atoms with Gasteiger partial charge in [-0.25, -0.2) is 4.99 Å². The molecular weight excluding hydrogens is 166 g/mol. The number of hydrogen-bond acceptors (Lipinski definition) is 3. The number of aryl methyl sites for hydroxylation is 1. The minimum atomic E-state index is 0.536. The molecule has 0 spiro atoms. The summed E-state index contributed by atoms with van der Waals surface area (Å²) < 4.78 is 4.93. The standard InChI is InChI=1S/C9H11N3O/c1-3-13-6-11-9-8(5-10)4-7(2)12-9/h4,6,12H,3H2,1-2H3/b11-6+. The SMILES string of the molecule is CCO/C=N/c1[nH]c(C)cc1C#N. The molecule has 0 aliphatic rings. The van der Waals surface area contributed by atoms with E-state index in [4.69, 9.17) is 10.00 Å². The summed E-state index contributed by atoms with van der Waals surface area (Å²) in [6, 6.07) is 3.79. The molecule has 0 aliphatic carbocycles. The minimum Gasteiger partial charge on any atom is -0.483 e. The number of rotatable bonds is 3. The summed E-state index contributed by atoms with van der Waals surface area (Å²) in [6.45, 7) is 4.32. The van der Waals surface area contributed by atoms with Gasteiger partial charge < -0.3 is 9.72 Å². The maximum absolute atomic E-state index is 8.70. The zero-order valence-electron chi connectivity index (χ0n) is 7.66. The Kier molecular flexibility index (Phi) is 3.09. The Labute approximate surface area is 76.9 Å². The molecule has 4 nitrogen and oxygen atoms in total. The van der Waals surface area contributed by atoms with Gasteiger partial charge in [-0.15, -0.1) is 0 Å². The zero-order valence-corrected chi connectivity index (χ0v) is 7.66. The fourth-order valence-electron chi connectivity index (χ4n) is 0.927. The van der Waals surface area contributed by atoms with Crippen LogP contribution in [0.1, 0.15) is 18.2 Å². The maximum Gasteiger partial charge on any atom is 0.176 e. The molecular formula is C9H11N3O. The third-order valence-electron chi connectivity index (χ3n) is 1.47. The van der Waals surface area contributed by atoms with Crippen molar-refractivity contribution in [2.24, 2.45) is 4.99 Å². The van der Waals surface area contributed by atoms with Crippen LogP contribution in [0.25, 0.3) is 0 Å². The number of aromatic nitrogens is 1. The highest BCUT2D eigenvalue weighted by molar-refractivity contribution is 5.59. The summed E-state index contributed by atoms with van der Waals surface area (Å²) in [4.78, 5) is 6.92. The molecule has 0 aliphatic heterocycles. The fourth-order valence-corrected chi connectivity index (χ4v) is 0.927. The predicted octanol–water partition coefficient (Wildman–Crippen LogP) is 1.89. The van der Waals surface area contributed by atoms with Crippen molar-refractivity contribution in [3.8, 4) is 6.07 Å². The van der Waals surface area contributed by atoms with Crippen LogP contribution < -0.4 is 0 Å². The van der Waals surface area contributed by atoms with Crippen LogP contribution in [-0.4, -0.2) is 18.0 Å². The molecule has 0 unspecified atom stereocenters. The van der Waals surface area contributed by atoms with Gasteiger partial charge in [-0.05, 0) is 19.9 Å². The Balaban J connectivity index is 2.82. The van der Waals surface area contributed by atoms with Gasteiger partial charge in [0.05, 0.1) is 12.2 Å². The smallest absolute Gasteiger partial charge is 0.176 e. The molecule has 0 saturated carbocycles. The number of aromatic amines is 1. The second kappa shape index (κ2) is 4.31. The van der Waals surface area contributed by atoms with Gasteiger partial charge in [-0.2, -0.15) is 5.26 Å². The van der Waals surface area contributed by atoms with Crippen molar-refractivity contribution >= 4 is 12.2 Å². The average Bonchev–Trinajstić information content (AvgIpc) is 2.47. The average molecular weight is 177 g/mol. The lowest BCUT2D eigenvalue weighted by molar-refractivity contribution is 0.344. The van der Waals surface area contributed by atoms with E-state index in [0.29, 0.717) is 18.0 Å². The van der Waals surface area contributed by atoms with E-state index in [0.717, 1.165) is 5.69 Å². The number of nitrogens with one attached hydrogen (secondary N) is 1. The Morgan fingerprint density at radius 1 is 1.77 bits per heavy atom. The molecule has 0 radical (unpaired) electrons. The molecule has 1 heterocycles. The van der Waals surface area contributed by atoms with E-state index in [2.05, 4.69) is 9.98 Å². The maximum atomic E-state index is 8.70. The molecule has 0 bridgehead atoms. The molecule has 0 atom stereocenters. The summed E-state index contributed by atoms with van der Waals surface area (Å²) >= 11 is 0. The van der Waals surface area contributed by atoms with Gasteiger partial charge in [0, 0.05) is 5.69 Å². The van der Waals surface area contributed by atoms with Gasteiger partial charge in [-0.3, -0.25) is 0 Å². The van der Waals surface area contributed by atoms with Crippen LogP contribution in [0, 0.1) is 18.3 Å². The molecule has 0 saturated heterocycles. The van der Waals surface area contributed by atoms with Gasteiger partial charge in [0.25, 0.3) is 0 Å². The predicted molar refractivity (Wildman–Crippen MR) is 50.0 cm³/mol. The van der Waals surface area contributed by atoms with Crippen LogP contribution in [0.4, 0.5) is 5.82 Å². The normalized spacial score (nSPS) is 10.2. The van der Waals surface area contributed by atoms with Crippen LogP contribution in [0.3, 0.4) is 0 Å². The molecule has 1 aromatic rings. The first-order chi connectivity index (χ1) is 6.27. The van der Waals surface area contributed by atoms with Crippen LogP contribution >= 0.6 is 0 Å². The van der Waals surface area contributed by atoms with Crippen molar-refractivity contribution < 1.29 is 4.74 Å². The number of aliphatic imine (C=N–C) groups is 1. The van der Waals surface area contributed by atoms with Crippen molar-refractivity contribution in [1.29, 1.82) is 5.26 Å². The van der Waals surface area contributed by atoms with E-state index in [-0.39, 0.29) is 0 Å². The lowest BCUT2D eigenvalue weighted by Crippen LogP contribution is -1.84. The van der Waals surface area contributed by atoms with Gasteiger partial charge in [0.15, 0.2) is 12.2 Å². The van der Waals surface area contributed by atoms with E-state index >= 15 is 0 Å². The van der Waals surface area contributed by atoms with Crippen molar-refractivity contribution in [3.05, 3.63) is 17.3 Å². The molecule has 0 aromatic carbocycles. The molecule has 0 fully saturated rings. The molecule has 1 aromatic heterocycles. The second-order valence-corrected chi connectivity index (χ2v) is 2.52. The summed E-state index contributed by atoms with van der Waals surface area (Å²) in [6.07, 6.45) is 1.34. The zero-order chi connectivity index (χ0) is 9.68. The van der Waals surface area contributed by atoms with Crippen molar-refractivity contribution in [3.63, 3.8) is 0 Å². The van der Waals surface area contributed by atoms with Crippen molar-refractivity contribution in [2.45, 2.75) is 13.8 Å². The second-order valence-electron chi connectivity index (χ2n) is 2.52. The molecule has 1 N–H and O–H groups in total. The summed E-state index contributed by atoms with van der Waals surface area (Å²) in [5.74, 6) is 0.549. The summed E-state index contributed by atoms with van der Waals surface area (Å²) in [7, 11) is 0. The first kappa shape index (κ1) is 9.33. The highest BCUT2D eigenvalue weighted by Crippen LogP contribution is 2.17. The van der Waals surface area contributed by atoms with Gasteiger partial charge in [-0.1, -0.05) is 0 Å². The highest BCUT2D eigenvalue weighted by Gasteiger charge is 2.02. The molecule has 4 heteroatoms. The third kappa shape index (κ3) is 2.34. The largest absolute Gasteiger partial charge is 0.483 e. The van der Waals surface area contributed by atoms with Gasteiger partial charge >= 0.3 is 0 Å². The number of nitrogens with zero attached hydrogens (tertiary/aromatic N) is 2. The van der Waals surface area contributed by atoms with E-state index in [1.165, 1.54) is 6.40 Å². The quantitative estimate of drug-likeness (QED) is 0.566. The highest BCUT2D eigenvalue weighted by atomic mass is 16.5. The Morgan fingerprint density at radius 2 is 2.54 bits per heavy atom. The van der Waals surface area contributed by atoms with E-state index in [9.17, 15) is 0 Å². The summed E-state index contributed by atoms with van der Waals surface area (Å²) in [5, 5.41) is 8.70. The monoisotopic (exact) mass is 177 g/mol. The fraction of sp³-hybridized carbons (Fsp3) is 0.333. The van der Waals surface area contributed by atoms with E-state index in [1.54, 1.807) is 6.07 Å². The van der Waals surface area contributed by atoms with Crippen molar-refractivity contribution in [1.82, 2.24) is 4.98 Å². The topological polar surface area (TPSA) is 61.2 Å². The van der Waals surface area contributed by atoms with Crippen LogP contribution in [0.2, 0.25) is 0 Å². The van der Waals surface area contributed by atoms with Gasteiger partial charge in [0.1, 0.15) is 6.07 Å². The number of ether oxygens (including phenoxy) is 1. The van der Waals surface area contributed by atoms with E-state index < -0.39 is 0 Å². The van der Waals surface area contributed by atoms with Crippen LogP contribution in [0.15, 0.2) is 11.1 Å². The third-order valence-corrected chi connectivity index (χ3v) is 1.47. The number of hydrogen-bond donors (Lipinski definition) is 1. The van der Waals surface area contributed by atoms with Crippen LogP contribution in [0.5, 0.6) is 0 Å². The minimum absolute atomic E-state index is 0.536. The Bertz CT molecular complexity index is 346. The molecule has 1 rings (SSSR count). The number of H-pyrrole nitrogens is 1. The van der Waals surface area contributed by atoms with Gasteiger partial charge in [0.2, 0.25) is 0 Å². The van der Waals surface area contributed by atoms with E-state index in [1.807, 2.05) is 19.9 Å². The molecule has 13 heavy (non-hydrogen) atoms. The summed E-state index contributed by atoms with van der Waals surface area (Å²) in [5.41, 5.74) is 1.45. The van der Waals surface area contributed by atoms with Crippen LogP contribution in [-0.2, 0) is 4.74 Å². The Hall–Kier alpha value is -1.76. The molecule has 68 valence electrons.